The summed E-state index contributed by atoms with van der Waals surface area (Å²) in [4.78, 5) is 0.193. The molecule has 1 N–H and O–H groups in total. The van der Waals surface area contributed by atoms with Gasteiger partial charge in [0.25, 0.3) is 0 Å². The van der Waals surface area contributed by atoms with Crippen LogP contribution in [0.25, 0.3) is 0 Å². The topological polar surface area (TPSA) is 21.3 Å². The standard InChI is InChI=1S/C12H16F3NOS/c1-9(8-17-2)7-16-10-3-5-11(6-4-10)18-12(13,14)15/h3-6,9,16H,7-8H2,1-2H3. The lowest BCUT2D eigenvalue weighted by atomic mass is 10.2. The molecule has 0 heterocycles. The van der Waals surface area contributed by atoms with Crippen LogP contribution in [0.2, 0.25) is 0 Å². The van der Waals surface area contributed by atoms with Gasteiger partial charge >= 0.3 is 5.51 Å². The molecule has 0 spiro atoms. The zero-order chi connectivity index (χ0) is 13.6. The molecule has 0 saturated carbocycles. The maximum atomic E-state index is 12.1. The molecule has 1 rings (SSSR count). The first-order valence-electron chi connectivity index (χ1n) is 5.49. The lowest BCUT2D eigenvalue weighted by Crippen LogP contribution is -2.15. The molecule has 0 aliphatic rings. The molecule has 0 saturated heterocycles. The largest absolute Gasteiger partial charge is 0.446 e. The summed E-state index contributed by atoms with van der Waals surface area (Å²) in [5, 5.41) is 3.15. The quantitative estimate of drug-likeness (QED) is 0.795. The van der Waals surface area contributed by atoms with Crippen LogP contribution in [0.5, 0.6) is 0 Å². The second kappa shape index (κ2) is 6.89. The van der Waals surface area contributed by atoms with Crippen LogP contribution in [0.4, 0.5) is 18.9 Å². The highest BCUT2D eigenvalue weighted by molar-refractivity contribution is 8.00. The predicted octanol–water partition coefficient (Wildman–Crippen LogP) is 3.99. The van der Waals surface area contributed by atoms with Crippen LogP contribution in [0.15, 0.2) is 29.2 Å². The number of nitrogens with one attached hydrogen (secondary N) is 1. The Kier molecular flexibility index (Phi) is 5.81. The first-order valence-corrected chi connectivity index (χ1v) is 6.31. The Morgan fingerprint density at radius 2 is 1.89 bits per heavy atom. The molecule has 102 valence electrons. The van der Waals surface area contributed by atoms with Crippen molar-refractivity contribution in [3.8, 4) is 0 Å². The number of rotatable bonds is 6. The molecule has 0 aromatic heterocycles. The Morgan fingerprint density at radius 1 is 1.28 bits per heavy atom. The van der Waals surface area contributed by atoms with Gasteiger partial charge in [-0.05, 0) is 41.9 Å². The van der Waals surface area contributed by atoms with E-state index in [1.54, 1.807) is 19.2 Å². The van der Waals surface area contributed by atoms with Crippen molar-refractivity contribution in [2.24, 2.45) is 5.92 Å². The van der Waals surface area contributed by atoms with Crippen LogP contribution in [-0.2, 0) is 4.74 Å². The number of hydrogen-bond acceptors (Lipinski definition) is 3. The van der Waals surface area contributed by atoms with Gasteiger partial charge < -0.3 is 10.1 Å². The summed E-state index contributed by atoms with van der Waals surface area (Å²) in [6.07, 6.45) is 0. The van der Waals surface area contributed by atoms with Gasteiger partial charge in [0.1, 0.15) is 0 Å². The third-order valence-electron chi connectivity index (χ3n) is 2.19. The summed E-state index contributed by atoms with van der Waals surface area (Å²) in [6.45, 7) is 3.40. The Morgan fingerprint density at radius 3 is 2.39 bits per heavy atom. The number of thioether (sulfide) groups is 1. The third kappa shape index (κ3) is 6.16. The second-order valence-electron chi connectivity index (χ2n) is 4.01. The molecule has 6 heteroatoms. The van der Waals surface area contributed by atoms with E-state index in [9.17, 15) is 13.2 Å². The summed E-state index contributed by atoms with van der Waals surface area (Å²) in [5.74, 6) is 0.347. The monoisotopic (exact) mass is 279 g/mol. The number of methoxy groups -OCH3 is 1. The van der Waals surface area contributed by atoms with Gasteiger partial charge in [-0.1, -0.05) is 6.92 Å². The minimum atomic E-state index is -4.23. The molecule has 1 unspecified atom stereocenters. The van der Waals surface area contributed by atoms with Crippen LogP contribution in [-0.4, -0.2) is 25.8 Å². The molecule has 0 aliphatic heterocycles. The zero-order valence-corrected chi connectivity index (χ0v) is 11.1. The van der Waals surface area contributed by atoms with E-state index in [0.717, 1.165) is 12.2 Å². The number of hydrogen-bond donors (Lipinski definition) is 1. The van der Waals surface area contributed by atoms with E-state index in [1.165, 1.54) is 12.1 Å². The highest BCUT2D eigenvalue weighted by Gasteiger charge is 2.28. The lowest BCUT2D eigenvalue weighted by Gasteiger charge is -2.13. The molecule has 0 aliphatic carbocycles. The summed E-state index contributed by atoms with van der Waals surface area (Å²) >= 11 is -0.106. The predicted molar refractivity (Wildman–Crippen MR) is 67.9 cm³/mol. The average Bonchev–Trinajstić information content (AvgIpc) is 2.26. The summed E-state index contributed by atoms with van der Waals surface area (Å²) in [7, 11) is 1.64. The minimum Gasteiger partial charge on any atom is -0.385 e. The van der Waals surface area contributed by atoms with E-state index in [0.29, 0.717) is 12.5 Å². The van der Waals surface area contributed by atoms with Crippen LogP contribution < -0.4 is 5.32 Å². The highest BCUT2D eigenvalue weighted by Crippen LogP contribution is 2.36. The summed E-state index contributed by atoms with van der Waals surface area (Å²) in [5.41, 5.74) is -3.42. The highest BCUT2D eigenvalue weighted by atomic mass is 32.2. The summed E-state index contributed by atoms with van der Waals surface area (Å²) in [6, 6.07) is 6.21. The first kappa shape index (κ1) is 15.2. The Bertz CT molecular complexity index is 353. The Labute approximate surface area is 109 Å². The van der Waals surface area contributed by atoms with E-state index in [2.05, 4.69) is 5.32 Å². The SMILES string of the molecule is COCC(C)CNc1ccc(SC(F)(F)F)cc1. The number of anilines is 1. The second-order valence-corrected chi connectivity index (χ2v) is 5.15. The molecular formula is C12H16F3NOS. The molecule has 1 atom stereocenters. The van der Waals surface area contributed by atoms with Crippen molar-refractivity contribution in [2.45, 2.75) is 17.3 Å². The molecule has 1 aromatic carbocycles. The van der Waals surface area contributed by atoms with Gasteiger partial charge in [0, 0.05) is 24.2 Å². The zero-order valence-electron chi connectivity index (χ0n) is 10.3. The van der Waals surface area contributed by atoms with Gasteiger partial charge in [-0.2, -0.15) is 13.2 Å². The molecule has 0 bridgehead atoms. The molecule has 0 radical (unpaired) electrons. The molecule has 0 fully saturated rings. The third-order valence-corrected chi connectivity index (χ3v) is 2.93. The van der Waals surface area contributed by atoms with Crippen molar-refractivity contribution >= 4 is 17.4 Å². The van der Waals surface area contributed by atoms with Gasteiger partial charge in [0.05, 0.1) is 6.61 Å². The van der Waals surface area contributed by atoms with Gasteiger partial charge in [-0.3, -0.25) is 0 Å². The first-order chi connectivity index (χ1) is 8.40. The van der Waals surface area contributed by atoms with Crippen LogP contribution >= 0.6 is 11.8 Å². The van der Waals surface area contributed by atoms with Crippen molar-refractivity contribution in [1.29, 1.82) is 0 Å². The fourth-order valence-electron chi connectivity index (χ4n) is 1.41. The van der Waals surface area contributed by atoms with Crippen LogP contribution in [0.3, 0.4) is 0 Å². The van der Waals surface area contributed by atoms with Crippen LogP contribution in [0.1, 0.15) is 6.92 Å². The fraction of sp³-hybridized carbons (Fsp3) is 0.500. The van der Waals surface area contributed by atoms with Crippen molar-refractivity contribution in [3.05, 3.63) is 24.3 Å². The Balaban J connectivity index is 2.45. The molecule has 1 aromatic rings. The van der Waals surface area contributed by atoms with E-state index < -0.39 is 5.51 Å². The van der Waals surface area contributed by atoms with Crippen molar-refractivity contribution < 1.29 is 17.9 Å². The van der Waals surface area contributed by atoms with E-state index in [-0.39, 0.29) is 16.7 Å². The minimum absolute atomic E-state index is 0.106. The smallest absolute Gasteiger partial charge is 0.385 e. The fourth-order valence-corrected chi connectivity index (χ4v) is 1.95. The lowest BCUT2D eigenvalue weighted by molar-refractivity contribution is -0.0328. The van der Waals surface area contributed by atoms with E-state index in [4.69, 9.17) is 4.74 Å². The van der Waals surface area contributed by atoms with E-state index >= 15 is 0 Å². The van der Waals surface area contributed by atoms with Crippen LogP contribution in [0, 0.1) is 5.92 Å². The molecule has 2 nitrogen and oxygen atoms in total. The number of ether oxygens (including phenoxy) is 1. The summed E-state index contributed by atoms with van der Waals surface area (Å²) < 4.78 is 41.3. The Hall–Kier alpha value is -0.880. The number of alkyl halides is 3. The maximum Gasteiger partial charge on any atom is 0.446 e. The van der Waals surface area contributed by atoms with Crippen molar-refractivity contribution in [1.82, 2.24) is 0 Å². The van der Waals surface area contributed by atoms with Gasteiger partial charge in [0.2, 0.25) is 0 Å². The normalized spacial score (nSPS) is 13.4. The molecule has 0 amide bonds. The van der Waals surface area contributed by atoms with Gasteiger partial charge in [0.15, 0.2) is 0 Å². The van der Waals surface area contributed by atoms with Crippen molar-refractivity contribution in [3.63, 3.8) is 0 Å². The molecular weight excluding hydrogens is 263 g/mol. The maximum absolute atomic E-state index is 12.1. The van der Waals surface area contributed by atoms with Crippen molar-refractivity contribution in [2.75, 3.05) is 25.6 Å². The molecule has 18 heavy (non-hydrogen) atoms. The average molecular weight is 279 g/mol. The number of halogens is 3. The number of benzene rings is 1. The van der Waals surface area contributed by atoms with Gasteiger partial charge in [-0.15, -0.1) is 0 Å². The van der Waals surface area contributed by atoms with E-state index in [1.807, 2.05) is 6.92 Å². The van der Waals surface area contributed by atoms with Gasteiger partial charge in [-0.25, -0.2) is 0 Å².